The quantitative estimate of drug-likeness (QED) is 0.772. The van der Waals surface area contributed by atoms with Crippen molar-refractivity contribution >= 4 is 5.78 Å². The highest BCUT2D eigenvalue weighted by Crippen LogP contribution is 2.55. The standard InChI is InChI=1S/C21H24N4O2/c1-11-16(12(2)27-24-11)17-14-7-8-15-20(3,4)19(26)13(10-22)9-21(15,5)18(14)23-25(17)6/h9,15H,7-8H2,1-6H3/t15-,21-/m0/s1. The number of rotatable bonds is 1. The molecule has 0 unspecified atom stereocenters. The molecule has 2 aliphatic rings. The lowest BCUT2D eigenvalue weighted by molar-refractivity contribution is -0.128. The number of carbonyl (C=O) groups excluding carboxylic acids is 1. The Morgan fingerprint density at radius 3 is 2.63 bits per heavy atom. The molecule has 6 nitrogen and oxygen atoms in total. The molecule has 2 heterocycles. The van der Waals surface area contributed by atoms with Gasteiger partial charge in [-0.15, -0.1) is 0 Å². The predicted octanol–water partition coefficient (Wildman–Crippen LogP) is 3.57. The van der Waals surface area contributed by atoms with Crippen molar-refractivity contribution in [1.82, 2.24) is 14.9 Å². The van der Waals surface area contributed by atoms with Crippen LogP contribution in [0.4, 0.5) is 0 Å². The molecular formula is C21H24N4O2. The van der Waals surface area contributed by atoms with Crippen molar-refractivity contribution in [3.8, 4) is 17.3 Å². The van der Waals surface area contributed by atoms with E-state index in [4.69, 9.17) is 9.62 Å². The van der Waals surface area contributed by atoms with Crippen LogP contribution in [0.3, 0.4) is 0 Å². The smallest absolute Gasteiger partial charge is 0.178 e. The van der Waals surface area contributed by atoms with E-state index in [0.29, 0.717) is 0 Å². The molecule has 4 rings (SSSR count). The first-order chi connectivity index (χ1) is 12.6. The van der Waals surface area contributed by atoms with Gasteiger partial charge in [-0.25, -0.2) is 0 Å². The third-order valence-corrected chi connectivity index (χ3v) is 6.60. The Hall–Kier alpha value is -2.68. The Morgan fingerprint density at radius 2 is 2.04 bits per heavy atom. The van der Waals surface area contributed by atoms with Crippen LogP contribution in [0.5, 0.6) is 0 Å². The largest absolute Gasteiger partial charge is 0.361 e. The molecule has 140 valence electrons. The molecule has 0 fully saturated rings. The Morgan fingerprint density at radius 1 is 1.33 bits per heavy atom. The number of fused-ring (bicyclic) bond motifs is 3. The van der Waals surface area contributed by atoms with Crippen LogP contribution in [-0.2, 0) is 23.7 Å². The van der Waals surface area contributed by atoms with Crippen LogP contribution < -0.4 is 0 Å². The molecule has 0 amide bonds. The molecule has 2 aromatic rings. The number of allylic oxidation sites excluding steroid dienone is 2. The van der Waals surface area contributed by atoms with Gasteiger partial charge in [0, 0.05) is 23.4 Å². The number of nitriles is 1. The Kier molecular flexibility index (Phi) is 3.55. The van der Waals surface area contributed by atoms with Gasteiger partial charge in [0.1, 0.15) is 11.8 Å². The first kappa shape index (κ1) is 17.7. The van der Waals surface area contributed by atoms with Crippen molar-refractivity contribution in [2.24, 2.45) is 18.4 Å². The highest BCUT2D eigenvalue weighted by molar-refractivity contribution is 6.04. The Labute approximate surface area is 158 Å². The zero-order valence-electron chi connectivity index (χ0n) is 16.7. The van der Waals surface area contributed by atoms with Gasteiger partial charge < -0.3 is 4.52 Å². The number of carbonyl (C=O) groups is 1. The molecule has 2 aliphatic carbocycles. The lowest BCUT2D eigenvalue weighted by atomic mass is 9.52. The number of nitrogens with zero attached hydrogens (tertiary/aromatic N) is 4. The van der Waals surface area contributed by atoms with E-state index in [1.165, 1.54) is 5.56 Å². The number of aromatic nitrogens is 3. The van der Waals surface area contributed by atoms with Gasteiger partial charge in [-0.3, -0.25) is 9.48 Å². The zero-order chi connectivity index (χ0) is 19.7. The first-order valence-electron chi connectivity index (χ1n) is 9.30. The van der Waals surface area contributed by atoms with Crippen LogP contribution >= 0.6 is 0 Å². The highest BCUT2D eigenvalue weighted by Gasteiger charge is 2.55. The Balaban J connectivity index is 2.00. The van der Waals surface area contributed by atoms with Crippen LogP contribution in [0.15, 0.2) is 16.2 Å². The van der Waals surface area contributed by atoms with Crippen molar-refractivity contribution in [2.45, 2.75) is 52.9 Å². The molecule has 0 saturated heterocycles. The first-order valence-corrected chi connectivity index (χ1v) is 9.30. The SMILES string of the molecule is Cc1noc(C)c1-c1c2c(nn1C)[C@@]1(C)C=C(C#N)C(=O)C(C)(C)[C@@H]1CC2. The van der Waals surface area contributed by atoms with Gasteiger partial charge in [0.25, 0.3) is 0 Å². The van der Waals surface area contributed by atoms with Crippen LogP contribution in [0.25, 0.3) is 11.3 Å². The van der Waals surface area contributed by atoms with E-state index in [-0.39, 0.29) is 17.3 Å². The number of hydrogen-bond acceptors (Lipinski definition) is 5. The summed E-state index contributed by atoms with van der Waals surface area (Å²) in [4.78, 5) is 12.8. The molecule has 0 N–H and O–H groups in total. The lowest BCUT2D eigenvalue weighted by Crippen LogP contribution is -2.51. The van der Waals surface area contributed by atoms with Gasteiger partial charge in [0.05, 0.1) is 28.2 Å². The second-order valence-corrected chi connectivity index (χ2v) is 8.59. The van der Waals surface area contributed by atoms with E-state index in [0.717, 1.165) is 41.2 Å². The fraction of sp³-hybridized carbons (Fsp3) is 0.524. The Bertz CT molecular complexity index is 1030. The number of hydrogen-bond donors (Lipinski definition) is 0. The maximum atomic E-state index is 12.8. The minimum Gasteiger partial charge on any atom is -0.361 e. The average molecular weight is 364 g/mol. The lowest BCUT2D eigenvalue weighted by Gasteiger charge is -2.49. The van der Waals surface area contributed by atoms with Gasteiger partial charge >= 0.3 is 0 Å². The van der Waals surface area contributed by atoms with Gasteiger partial charge in [-0.05, 0) is 32.6 Å². The minimum atomic E-state index is -0.590. The van der Waals surface area contributed by atoms with E-state index < -0.39 is 10.8 Å². The molecule has 0 radical (unpaired) electrons. The molecule has 0 saturated carbocycles. The van der Waals surface area contributed by atoms with E-state index in [2.05, 4.69) is 18.1 Å². The van der Waals surface area contributed by atoms with Crippen LogP contribution in [-0.4, -0.2) is 20.7 Å². The van der Waals surface area contributed by atoms with Gasteiger partial charge in [-0.2, -0.15) is 10.4 Å². The molecule has 0 spiro atoms. The summed E-state index contributed by atoms with van der Waals surface area (Å²) in [6, 6.07) is 2.12. The van der Waals surface area contributed by atoms with Gasteiger partial charge in [0.15, 0.2) is 5.78 Å². The second-order valence-electron chi connectivity index (χ2n) is 8.59. The van der Waals surface area contributed by atoms with Crippen LogP contribution in [0, 0.1) is 36.5 Å². The third-order valence-electron chi connectivity index (χ3n) is 6.60. The van der Waals surface area contributed by atoms with Crippen molar-refractivity contribution < 1.29 is 9.32 Å². The summed E-state index contributed by atoms with van der Waals surface area (Å²) >= 11 is 0. The second kappa shape index (κ2) is 5.41. The summed E-state index contributed by atoms with van der Waals surface area (Å²) < 4.78 is 7.28. The molecule has 0 aliphatic heterocycles. The molecule has 0 bridgehead atoms. The zero-order valence-corrected chi connectivity index (χ0v) is 16.7. The fourth-order valence-corrected chi connectivity index (χ4v) is 5.36. The molecule has 0 aromatic carbocycles. The van der Waals surface area contributed by atoms with Crippen molar-refractivity contribution in [3.63, 3.8) is 0 Å². The van der Waals surface area contributed by atoms with Crippen LogP contribution in [0.2, 0.25) is 0 Å². The molecule has 6 heteroatoms. The molecule has 2 aromatic heterocycles. The summed E-state index contributed by atoms with van der Waals surface area (Å²) in [5.74, 6) is 0.824. The third kappa shape index (κ3) is 2.14. The fourth-order valence-electron chi connectivity index (χ4n) is 5.36. The van der Waals surface area contributed by atoms with E-state index in [9.17, 15) is 10.1 Å². The maximum absolute atomic E-state index is 12.8. The summed E-state index contributed by atoms with van der Waals surface area (Å²) in [5, 5.41) is 18.5. The summed E-state index contributed by atoms with van der Waals surface area (Å²) in [6.45, 7) is 9.90. The highest BCUT2D eigenvalue weighted by atomic mass is 16.5. The van der Waals surface area contributed by atoms with Crippen molar-refractivity contribution in [3.05, 3.63) is 34.4 Å². The number of ketones is 1. The normalized spacial score (nSPS) is 26.2. The predicted molar refractivity (Wildman–Crippen MR) is 99.8 cm³/mol. The number of aryl methyl sites for hydroxylation is 3. The molecule has 2 atom stereocenters. The van der Waals surface area contributed by atoms with Crippen LogP contribution in [0.1, 0.15) is 49.9 Å². The van der Waals surface area contributed by atoms with E-state index in [1.807, 2.05) is 45.5 Å². The molecular weight excluding hydrogens is 340 g/mol. The minimum absolute atomic E-state index is 0.0576. The summed E-state index contributed by atoms with van der Waals surface area (Å²) in [5.41, 5.74) is 4.20. The summed E-state index contributed by atoms with van der Waals surface area (Å²) in [6.07, 6.45) is 3.57. The van der Waals surface area contributed by atoms with Crippen molar-refractivity contribution in [2.75, 3.05) is 0 Å². The van der Waals surface area contributed by atoms with E-state index >= 15 is 0 Å². The van der Waals surface area contributed by atoms with E-state index in [1.54, 1.807) is 0 Å². The maximum Gasteiger partial charge on any atom is 0.178 e. The monoisotopic (exact) mass is 364 g/mol. The van der Waals surface area contributed by atoms with Gasteiger partial charge in [0.2, 0.25) is 0 Å². The molecule has 27 heavy (non-hydrogen) atoms. The van der Waals surface area contributed by atoms with Gasteiger partial charge in [-0.1, -0.05) is 32.0 Å². The average Bonchev–Trinajstić information content (AvgIpc) is 3.10. The van der Waals surface area contributed by atoms with Crippen molar-refractivity contribution in [1.29, 1.82) is 5.26 Å². The topological polar surface area (TPSA) is 84.7 Å². The number of Topliss-reactive ketones (excluding diaryl/α,β-unsaturated/α-hetero) is 1. The summed E-state index contributed by atoms with van der Waals surface area (Å²) in [7, 11) is 1.94.